The second-order valence-corrected chi connectivity index (χ2v) is 6.17. The second kappa shape index (κ2) is 7.27. The minimum atomic E-state index is -0.911. The van der Waals surface area contributed by atoms with E-state index in [-0.39, 0.29) is 18.3 Å². The molecule has 2 amide bonds. The van der Waals surface area contributed by atoms with Gasteiger partial charge in [-0.05, 0) is 25.0 Å². The molecule has 6 nitrogen and oxygen atoms in total. The lowest BCUT2D eigenvalue weighted by Crippen LogP contribution is -2.41. The van der Waals surface area contributed by atoms with Gasteiger partial charge in [0.1, 0.15) is 11.9 Å². The molecular weight excluding hydrogens is 315 g/mol. The van der Waals surface area contributed by atoms with Gasteiger partial charge >= 0.3 is 11.8 Å². The number of hydrogen-bond donors (Lipinski definition) is 2. The molecular formula is C17H21FN2O4. The molecule has 2 N–H and O–H groups in total. The number of hydrogen-bond acceptors (Lipinski definition) is 4. The third kappa shape index (κ3) is 3.91. The number of anilines is 1. The van der Waals surface area contributed by atoms with Crippen molar-refractivity contribution in [3.05, 3.63) is 30.1 Å². The van der Waals surface area contributed by atoms with E-state index >= 15 is 0 Å². The number of rotatable bonds is 3. The maximum absolute atomic E-state index is 13.5. The van der Waals surface area contributed by atoms with Crippen molar-refractivity contribution in [1.82, 2.24) is 5.32 Å². The number of halogens is 1. The van der Waals surface area contributed by atoms with Crippen LogP contribution >= 0.6 is 0 Å². The van der Waals surface area contributed by atoms with E-state index in [1.807, 2.05) is 0 Å². The molecule has 1 saturated carbocycles. The Bertz CT molecular complexity index is 616. The minimum Gasteiger partial charge on any atom is -0.347 e. The smallest absolute Gasteiger partial charge is 0.313 e. The van der Waals surface area contributed by atoms with Crippen molar-refractivity contribution in [3.63, 3.8) is 0 Å². The van der Waals surface area contributed by atoms with Crippen LogP contribution in [0.3, 0.4) is 0 Å². The summed E-state index contributed by atoms with van der Waals surface area (Å²) < 4.78 is 25.2. The van der Waals surface area contributed by atoms with Crippen LogP contribution in [0.2, 0.25) is 0 Å². The molecule has 130 valence electrons. The van der Waals surface area contributed by atoms with Gasteiger partial charge in [0.2, 0.25) is 0 Å². The van der Waals surface area contributed by atoms with Crippen LogP contribution in [0.15, 0.2) is 24.3 Å². The second-order valence-electron chi connectivity index (χ2n) is 6.17. The van der Waals surface area contributed by atoms with E-state index in [2.05, 4.69) is 10.6 Å². The third-order valence-corrected chi connectivity index (χ3v) is 4.35. The van der Waals surface area contributed by atoms with Crippen molar-refractivity contribution in [3.8, 4) is 0 Å². The van der Waals surface area contributed by atoms with Gasteiger partial charge in [-0.25, -0.2) is 4.39 Å². The van der Waals surface area contributed by atoms with Crippen LogP contribution in [0.5, 0.6) is 0 Å². The molecule has 0 radical (unpaired) electrons. The van der Waals surface area contributed by atoms with Crippen molar-refractivity contribution < 1.29 is 23.5 Å². The fourth-order valence-corrected chi connectivity index (χ4v) is 3.10. The number of carbonyl (C=O) groups is 2. The number of benzene rings is 1. The predicted octanol–water partition coefficient (Wildman–Crippen LogP) is 1.96. The first kappa shape index (κ1) is 16.9. The number of amides is 2. The Morgan fingerprint density at radius 2 is 1.92 bits per heavy atom. The van der Waals surface area contributed by atoms with Gasteiger partial charge < -0.3 is 20.1 Å². The van der Waals surface area contributed by atoms with E-state index < -0.39 is 23.4 Å². The number of ether oxygens (including phenoxy) is 2. The van der Waals surface area contributed by atoms with Crippen LogP contribution in [0.1, 0.15) is 32.1 Å². The molecule has 1 atom stereocenters. The van der Waals surface area contributed by atoms with Crippen molar-refractivity contribution in [1.29, 1.82) is 0 Å². The molecule has 1 aliphatic carbocycles. The predicted molar refractivity (Wildman–Crippen MR) is 84.7 cm³/mol. The summed E-state index contributed by atoms with van der Waals surface area (Å²) in [5.41, 5.74) is -0.0285. The van der Waals surface area contributed by atoms with E-state index in [1.165, 1.54) is 24.6 Å². The van der Waals surface area contributed by atoms with E-state index in [0.29, 0.717) is 6.61 Å². The Morgan fingerprint density at radius 1 is 1.17 bits per heavy atom. The van der Waals surface area contributed by atoms with Gasteiger partial charge in [0, 0.05) is 19.4 Å². The molecule has 0 aromatic heterocycles. The van der Waals surface area contributed by atoms with Crippen LogP contribution in [-0.4, -0.2) is 36.9 Å². The minimum absolute atomic E-state index is 0.0285. The zero-order valence-electron chi connectivity index (χ0n) is 13.3. The third-order valence-electron chi connectivity index (χ3n) is 4.35. The van der Waals surface area contributed by atoms with Crippen molar-refractivity contribution in [2.75, 3.05) is 18.5 Å². The fourth-order valence-electron chi connectivity index (χ4n) is 3.10. The van der Waals surface area contributed by atoms with Gasteiger partial charge in [0.25, 0.3) is 0 Å². The van der Waals surface area contributed by atoms with Gasteiger partial charge in [-0.2, -0.15) is 0 Å². The number of para-hydroxylation sites is 1. The molecule has 1 heterocycles. The monoisotopic (exact) mass is 336 g/mol. The largest absolute Gasteiger partial charge is 0.347 e. The molecule has 3 rings (SSSR count). The molecule has 1 spiro atoms. The van der Waals surface area contributed by atoms with E-state index in [9.17, 15) is 14.0 Å². The van der Waals surface area contributed by atoms with Gasteiger partial charge in [-0.1, -0.05) is 18.6 Å². The topological polar surface area (TPSA) is 76.7 Å². The summed E-state index contributed by atoms with van der Waals surface area (Å²) in [5, 5.41) is 4.75. The lowest BCUT2D eigenvalue weighted by Gasteiger charge is -2.31. The molecule has 1 aromatic rings. The molecule has 7 heteroatoms. The van der Waals surface area contributed by atoms with Gasteiger partial charge in [0.05, 0.1) is 12.3 Å². The van der Waals surface area contributed by atoms with Crippen molar-refractivity contribution in [2.45, 2.75) is 44.0 Å². The van der Waals surface area contributed by atoms with Crippen LogP contribution in [0.4, 0.5) is 10.1 Å². The lowest BCUT2D eigenvalue weighted by atomic mass is 9.94. The van der Waals surface area contributed by atoms with E-state index in [0.717, 1.165) is 25.7 Å². The van der Waals surface area contributed by atoms with Gasteiger partial charge in [-0.15, -0.1) is 0 Å². The summed E-state index contributed by atoms with van der Waals surface area (Å²) in [6, 6.07) is 5.68. The summed E-state index contributed by atoms with van der Waals surface area (Å²) in [5.74, 6) is -2.84. The van der Waals surface area contributed by atoms with Gasteiger partial charge in [-0.3, -0.25) is 9.59 Å². The van der Waals surface area contributed by atoms with Crippen LogP contribution in [0.25, 0.3) is 0 Å². The highest BCUT2D eigenvalue weighted by Gasteiger charge is 2.42. The Kier molecular flexibility index (Phi) is 5.11. The average molecular weight is 336 g/mol. The van der Waals surface area contributed by atoms with E-state index in [4.69, 9.17) is 9.47 Å². The Balaban J connectivity index is 1.46. The highest BCUT2D eigenvalue weighted by atomic mass is 19.1. The molecule has 1 saturated heterocycles. The zero-order chi connectivity index (χ0) is 17.0. The van der Waals surface area contributed by atoms with Crippen LogP contribution in [0, 0.1) is 5.82 Å². The molecule has 0 unspecified atom stereocenters. The number of nitrogens with one attached hydrogen (secondary N) is 2. The standard InChI is InChI=1S/C17H21FN2O4/c18-13-6-2-3-7-14(13)20-16(22)15(21)19-10-12-11-23-17(24-12)8-4-1-5-9-17/h2-3,6-7,12H,1,4-5,8-11H2,(H,19,21)(H,20,22)/t12-/m0/s1. The van der Waals surface area contributed by atoms with E-state index in [1.54, 1.807) is 6.07 Å². The Hall–Kier alpha value is -1.99. The first-order valence-corrected chi connectivity index (χ1v) is 8.23. The van der Waals surface area contributed by atoms with Crippen molar-refractivity contribution in [2.24, 2.45) is 0 Å². The maximum atomic E-state index is 13.5. The summed E-state index contributed by atoms with van der Waals surface area (Å²) in [6.07, 6.45) is 4.80. The molecule has 2 fully saturated rings. The lowest BCUT2D eigenvalue weighted by molar-refractivity contribution is -0.186. The quantitative estimate of drug-likeness (QED) is 0.827. The highest BCUT2D eigenvalue weighted by molar-refractivity contribution is 6.39. The van der Waals surface area contributed by atoms with Crippen molar-refractivity contribution >= 4 is 17.5 Å². The summed E-state index contributed by atoms with van der Waals surface area (Å²) in [6.45, 7) is 0.584. The first-order chi connectivity index (χ1) is 11.6. The van der Waals surface area contributed by atoms with Crippen LogP contribution in [-0.2, 0) is 19.1 Å². The van der Waals surface area contributed by atoms with Crippen LogP contribution < -0.4 is 10.6 Å². The zero-order valence-corrected chi connectivity index (χ0v) is 13.3. The molecule has 1 aliphatic heterocycles. The summed E-state index contributed by atoms with van der Waals surface area (Å²) >= 11 is 0. The fraction of sp³-hybridized carbons (Fsp3) is 0.529. The first-order valence-electron chi connectivity index (χ1n) is 8.23. The highest BCUT2D eigenvalue weighted by Crippen LogP contribution is 2.37. The normalized spacial score (nSPS) is 22.3. The summed E-state index contributed by atoms with van der Waals surface area (Å²) in [4.78, 5) is 23.6. The maximum Gasteiger partial charge on any atom is 0.313 e. The molecule has 0 bridgehead atoms. The average Bonchev–Trinajstić information content (AvgIpc) is 2.98. The Morgan fingerprint density at radius 3 is 2.67 bits per heavy atom. The van der Waals surface area contributed by atoms with Gasteiger partial charge in [0.15, 0.2) is 5.79 Å². The molecule has 2 aliphatic rings. The number of carbonyl (C=O) groups excluding carboxylic acids is 2. The SMILES string of the molecule is O=C(NC[C@H]1COC2(CCCCC2)O1)C(=O)Nc1ccccc1F. The molecule has 24 heavy (non-hydrogen) atoms. The Labute approximate surface area is 139 Å². The molecule has 1 aromatic carbocycles. The summed E-state index contributed by atoms with van der Waals surface area (Å²) in [7, 11) is 0.